The number of carboxylic acid groups (broad SMARTS) is 1. The van der Waals surface area contributed by atoms with Crippen LogP contribution in [0, 0.1) is 11.8 Å². The van der Waals surface area contributed by atoms with E-state index in [1.54, 1.807) is 20.8 Å². The predicted molar refractivity (Wildman–Crippen MR) is 76.8 cm³/mol. The SMILES string of the molecule is CC(C)C1=NC(C)(C2C=C(F)CC(F)C2)N(CC(=O)O)C1=O. The third-order valence-corrected chi connectivity index (χ3v) is 4.21. The van der Waals surface area contributed by atoms with Crippen LogP contribution in [0.25, 0.3) is 0 Å². The highest BCUT2D eigenvalue weighted by Crippen LogP contribution is 2.40. The van der Waals surface area contributed by atoms with E-state index in [0.29, 0.717) is 0 Å². The van der Waals surface area contributed by atoms with Gasteiger partial charge in [-0.2, -0.15) is 0 Å². The lowest BCUT2D eigenvalue weighted by Crippen LogP contribution is -2.52. The lowest BCUT2D eigenvalue weighted by atomic mass is 9.83. The summed E-state index contributed by atoms with van der Waals surface area (Å²) in [5.41, 5.74) is -1.02. The Morgan fingerprint density at radius 1 is 1.59 bits per heavy atom. The van der Waals surface area contributed by atoms with E-state index < -0.39 is 42.0 Å². The van der Waals surface area contributed by atoms with E-state index in [1.165, 1.54) is 6.08 Å². The van der Waals surface area contributed by atoms with Crippen molar-refractivity contribution in [2.75, 3.05) is 6.54 Å². The molecule has 0 spiro atoms. The van der Waals surface area contributed by atoms with Crippen LogP contribution in [0.4, 0.5) is 8.78 Å². The molecule has 3 atom stereocenters. The van der Waals surface area contributed by atoms with E-state index in [-0.39, 0.29) is 24.5 Å². The van der Waals surface area contributed by atoms with E-state index in [9.17, 15) is 18.4 Å². The molecule has 1 amide bonds. The van der Waals surface area contributed by atoms with Gasteiger partial charge in [0.2, 0.25) is 0 Å². The monoisotopic (exact) mass is 314 g/mol. The maximum Gasteiger partial charge on any atom is 0.323 e. The summed E-state index contributed by atoms with van der Waals surface area (Å²) >= 11 is 0. The number of carboxylic acids is 1. The summed E-state index contributed by atoms with van der Waals surface area (Å²) < 4.78 is 27.3. The fourth-order valence-corrected chi connectivity index (χ4v) is 3.03. The van der Waals surface area contributed by atoms with Crippen LogP contribution in [0.3, 0.4) is 0 Å². The largest absolute Gasteiger partial charge is 0.480 e. The van der Waals surface area contributed by atoms with Gasteiger partial charge in [-0.3, -0.25) is 14.6 Å². The number of hydrogen-bond donors (Lipinski definition) is 1. The van der Waals surface area contributed by atoms with Crippen molar-refractivity contribution in [2.45, 2.75) is 45.4 Å². The molecule has 0 saturated carbocycles. The van der Waals surface area contributed by atoms with Gasteiger partial charge in [-0.05, 0) is 19.4 Å². The summed E-state index contributed by atoms with van der Waals surface area (Å²) in [6, 6.07) is 0. The molecule has 0 saturated heterocycles. The Bertz CT molecular complexity index is 559. The number of alkyl halides is 1. The first-order valence-electron chi connectivity index (χ1n) is 7.29. The van der Waals surface area contributed by atoms with Crippen molar-refractivity contribution in [3.8, 4) is 0 Å². The van der Waals surface area contributed by atoms with Gasteiger partial charge in [0.05, 0.1) is 5.83 Å². The molecular formula is C15H20F2N2O3. The molecule has 0 aromatic heterocycles. The van der Waals surface area contributed by atoms with Crippen molar-refractivity contribution in [1.82, 2.24) is 4.90 Å². The van der Waals surface area contributed by atoms with Gasteiger partial charge in [0.25, 0.3) is 5.91 Å². The third-order valence-electron chi connectivity index (χ3n) is 4.21. The minimum absolute atomic E-state index is 0.0161. The van der Waals surface area contributed by atoms with Gasteiger partial charge < -0.3 is 10.0 Å². The quantitative estimate of drug-likeness (QED) is 0.866. The van der Waals surface area contributed by atoms with Crippen molar-refractivity contribution in [2.24, 2.45) is 16.8 Å². The van der Waals surface area contributed by atoms with E-state index in [0.717, 1.165) is 4.90 Å². The summed E-state index contributed by atoms with van der Waals surface area (Å²) in [4.78, 5) is 29.0. The molecule has 2 rings (SSSR count). The Labute approximate surface area is 127 Å². The van der Waals surface area contributed by atoms with Gasteiger partial charge >= 0.3 is 5.97 Å². The van der Waals surface area contributed by atoms with Gasteiger partial charge in [0, 0.05) is 18.3 Å². The topological polar surface area (TPSA) is 70.0 Å². The van der Waals surface area contributed by atoms with Crippen molar-refractivity contribution in [1.29, 1.82) is 0 Å². The highest BCUT2D eigenvalue weighted by molar-refractivity contribution is 6.41. The van der Waals surface area contributed by atoms with Crippen LogP contribution in [-0.4, -0.2) is 46.0 Å². The summed E-state index contributed by atoms with van der Waals surface area (Å²) in [6.45, 7) is 4.57. The number of halogens is 2. The van der Waals surface area contributed by atoms with Crippen LogP contribution in [0.2, 0.25) is 0 Å². The maximum absolute atomic E-state index is 13.7. The van der Waals surface area contributed by atoms with Crippen LogP contribution < -0.4 is 0 Å². The minimum atomic E-state index is -1.35. The molecule has 3 unspecified atom stereocenters. The number of carbonyl (C=O) groups is 2. The molecule has 122 valence electrons. The molecular weight excluding hydrogens is 294 g/mol. The number of amides is 1. The number of rotatable bonds is 4. The average molecular weight is 314 g/mol. The highest BCUT2D eigenvalue weighted by atomic mass is 19.1. The summed E-state index contributed by atoms with van der Waals surface area (Å²) in [6.07, 6.45) is -0.347. The minimum Gasteiger partial charge on any atom is -0.480 e. The van der Waals surface area contributed by atoms with Crippen LogP contribution in [0.15, 0.2) is 16.9 Å². The molecule has 1 N–H and O–H groups in total. The normalized spacial score (nSPS) is 32.3. The van der Waals surface area contributed by atoms with Gasteiger partial charge in [-0.25, -0.2) is 8.78 Å². The highest BCUT2D eigenvalue weighted by Gasteiger charge is 2.50. The predicted octanol–water partition coefficient (Wildman–Crippen LogP) is 2.33. The fourth-order valence-electron chi connectivity index (χ4n) is 3.03. The molecule has 0 aromatic rings. The second-order valence-corrected chi connectivity index (χ2v) is 6.29. The first-order chi connectivity index (χ1) is 10.1. The molecule has 0 radical (unpaired) electrons. The second kappa shape index (κ2) is 5.78. The molecule has 0 bridgehead atoms. The van der Waals surface area contributed by atoms with Crippen LogP contribution >= 0.6 is 0 Å². The second-order valence-electron chi connectivity index (χ2n) is 6.29. The molecule has 5 nitrogen and oxygen atoms in total. The summed E-state index contributed by atoms with van der Waals surface area (Å²) in [5.74, 6) is -3.12. The standard InChI is InChI=1S/C15H20F2N2O3/c1-8(2)13-14(22)19(7-12(20)21)15(3,18-13)9-4-10(16)6-11(17)5-9/h4,8-9,11H,5-7H2,1-3H3,(H,20,21). The van der Waals surface area contributed by atoms with Crippen molar-refractivity contribution in [3.05, 3.63) is 11.9 Å². The molecule has 1 aliphatic heterocycles. The smallest absolute Gasteiger partial charge is 0.323 e. The zero-order chi connectivity index (χ0) is 16.7. The third kappa shape index (κ3) is 2.89. The molecule has 1 heterocycles. The maximum atomic E-state index is 13.7. The van der Waals surface area contributed by atoms with Crippen LogP contribution in [-0.2, 0) is 9.59 Å². The Kier molecular flexibility index (Phi) is 4.35. The Morgan fingerprint density at radius 3 is 2.73 bits per heavy atom. The van der Waals surface area contributed by atoms with Crippen molar-refractivity contribution >= 4 is 17.6 Å². The Balaban J connectivity index is 2.44. The fraction of sp³-hybridized carbons (Fsp3) is 0.667. The zero-order valence-electron chi connectivity index (χ0n) is 12.8. The van der Waals surface area contributed by atoms with Crippen LogP contribution in [0.5, 0.6) is 0 Å². The number of aliphatic carboxylic acids is 1. The van der Waals surface area contributed by atoms with Gasteiger partial charge in [0.15, 0.2) is 0 Å². The molecule has 0 fully saturated rings. The van der Waals surface area contributed by atoms with E-state index in [1.807, 2.05) is 0 Å². The first-order valence-corrected chi connectivity index (χ1v) is 7.29. The zero-order valence-corrected chi connectivity index (χ0v) is 12.8. The van der Waals surface area contributed by atoms with Gasteiger partial charge in [0.1, 0.15) is 24.1 Å². The lowest BCUT2D eigenvalue weighted by molar-refractivity contribution is -0.145. The molecule has 7 heteroatoms. The van der Waals surface area contributed by atoms with Gasteiger partial charge in [-0.1, -0.05) is 13.8 Å². The van der Waals surface area contributed by atoms with Crippen LogP contribution in [0.1, 0.15) is 33.6 Å². The average Bonchev–Trinajstić information content (AvgIpc) is 2.63. The summed E-state index contributed by atoms with van der Waals surface area (Å²) in [5, 5.41) is 9.04. The number of carbonyl (C=O) groups excluding carboxylic acids is 1. The number of aliphatic imine (C=N–C) groups is 1. The van der Waals surface area contributed by atoms with E-state index >= 15 is 0 Å². The van der Waals surface area contributed by atoms with E-state index in [2.05, 4.69) is 4.99 Å². The number of allylic oxidation sites excluding steroid dienone is 1. The number of nitrogens with zero attached hydrogens (tertiary/aromatic N) is 2. The van der Waals surface area contributed by atoms with Gasteiger partial charge in [-0.15, -0.1) is 0 Å². The Hall–Kier alpha value is -1.79. The molecule has 22 heavy (non-hydrogen) atoms. The van der Waals surface area contributed by atoms with E-state index in [4.69, 9.17) is 5.11 Å². The molecule has 1 aliphatic carbocycles. The molecule has 2 aliphatic rings. The number of hydrogen-bond acceptors (Lipinski definition) is 3. The van der Waals surface area contributed by atoms with Crippen molar-refractivity contribution in [3.63, 3.8) is 0 Å². The summed E-state index contributed by atoms with van der Waals surface area (Å²) in [7, 11) is 0. The molecule has 0 aromatic carbocycles. The Morgan fingerprint density at radius 2 is 2.23 bits per heavy atom. The van der Waals surface area contributed by atoms with Crippen molar-refractivity contribution < 1.29 is 23.5 Å². The first kappa shape index (κ1) is 16.6. The lowest BCUT2D eigenvalue weighted by Gasteiger charge is -2.39.